The largest absolute Gasteiger partial charge is 0.371 e. The van der Waals surface area contributed by atoms with Gasteiger partial charge in [0.25, 0.3) is 0 Å². The minimum Gasteiger partial charge on any atom is -0.371 e. The SMILES string of the molecule is C1=C(C2=CC(C3Nc4c(ccc5ccc6cc(C7N=C(c8ccccc8)N=C(c8ccccc8)N7)ccc6c45)S3)CCC2)CCCC1. The molecule has 2 N–H and O–H groups in total. The molecule has 0 bridgehead atoms. The average Bonchev–Trinajstić information content (AvgIpc) is 3.60. The molecular formula is C42H38N4S. The Morgan fingerprint density at radius 1 is 0.702 bits per heavy atom. The van der Waals surface area contributed by atoms with Crippen LogP contribution in [0.2, 0.25) is 0 Å². The highest BCUT2D eigenvalue weighted by Crippen LogP contribution is 2.49. The number of hydrogen-bond acceptors (Lipinski definition) is 5. The zero-order chi connectivity index (χ0) is 31.2. The number of aliphatic imine (C=N–C) groups is 2. The molecule has 3 atom stereocenters. The first-order valence-electron chi connectivity index (χ1n) is 17.1. The maximum atomic E-state index is 5.12. The number of allylic oxidation sites excluding steroid dienone is 3. The lowest BCUT2D eigenvalue weighted by Gasteiger charge is -2.28. The fourth-order valence-electron chi connectivity index (χ4n) is 7.74. The Hall–Kier alpha value is -4.61. The number of fused-ring (bicyclic) bond motifs is 5. The van der Waals surface area contributed by atoms with Crippen LogP contribution in [0.25, 0.3) is 21.5 Å². The Kier molecular flexibility index (Phi) is 7.42. The number of nitrogens with one attached hydrogen (secondary N) is 2. The van der Waals surface area contributed by atoms with Crippen LogP contribution in [-0.4, -0.2) is 17.0 Å². The third-order valence-electron chi connectivity index (χ3n) is 10.2. The Bertz CT molecular complexity index is 2110. The summed E-state index contributed by atoms with van der Waals surface area (Å²) in [5, 5.41) is 13.2. The predicted octanol–water partition coefficient (Wildman–Crippen LogP) is 10.6. The van der Waals surface area contributed by atoms with Crippen LogP contribution in [0.15, 0.2) is 141 Å². The topological polar surface area (TPSA) is 48.8 Å². The maximum absolute atomic E-state index is 5.12. The molecule has 2 aliphatic carbocycles. The number of nitrogens with zero attached hydrogens (tertiary/aromatic N) is 2. The summed E-state index contributed by atoms with van der Waals surface area (Å²) in [4.78, 5) is 11.4. The predicted molar refractivity (Wildman–Crippen MR) is 199 cm³/mol. The normalized spacial score (nSPS) is 22.4. The number of amidine groups is 2. The van der Waals surface area contributed by atoms with Gasteiger partial charge in [0.05, 0.1) is 11.1 Å². The number of rotatable bonds is 5. The first-order chi connectivity index (χ1) is 23.3. The van der Waals surface area contributed by atoms with Gasteiger partial charge in [-0.1, -0.05) is 115 Å². The molecule has 4 aliphatic rings. The Morgan fingerprint density at radius 2 is 1.49 bits per heavy atom. The highest BCUT2D eigenvalue weighted by atomic mass is 32.2. The quantitative estimate of drug-likeness (QED) is 0.190. The van der Waals surface area contributed by atoms with E-state index in [1.54, 1.807) is 11.1 Å². The Morgan fingerprint density at radius 3 is 2.32 bits per heavy atom. The second-order valence-electron chi connectivity index (χ2n) is 13.2. The van der Waals surface area contributed by atoms with Crippen LogP contribution in [0, 0.1) is 5.92 Å². The summed E-state index contributed by atoms with van der Waals surface area (Å²) in [6, 6.07) is 36.6. The Balaban J connectivity index is 1.06. The van der Waals surface area contributed by atoms with Gasteiger partial charge in [0.15, 0.2) is 5.84 Å². The van der Waals surface area contributed by atoms with E-state index in [0.717, 1.165) is 28.4 Å². The van der Waals surface area contributed by atoms with Crippen molar-refractivity contribution < 1.29 is 0 Å². The summed E-state index contributed by atoms with van der Waals surface area (Å²) in [6.07, 6.45) is 13.9. The summed E-state index contributed by atoms with van der Waals surface area (Å²) < 4.78 is 0. The monoisotopic (exact) mass is 630 g/mol. The van der Waals surface area contributed by atoms with Crippen LogP contribution in [-0.2, 0) is 0 Å². The van der Waals surface area contributed by atoms with Gasteiger partial charge in [-0.05, 0) is 89.9 Å². The van der Waals surface area contributed by atoms with Gasteiger partial charge in [0.1, 0.15) is 12.0 Å². The van der Waals surface area contributed by atoms with Crippen LogP contribution in [0.4, 0.5) is 5.69 Å². The van der Waals surface area contributed by atoms with Crippen molar-refractivity contribution >= 4 is 50.7 Å². The zero-order valence-corrected chi connectivity index (χ0v) is 27.3. The van der Waals surface area contributed by atoms with Crippen molar-refractivity contribution in [1.29, 1.82) is 0 Å². The molecule has 0 saturated carbocycles. The average molecular weight is 631 g/mol. The third kappa shape index (κ3) is 5.47. The third-order valence-corrected chi connectivity index (χ3v) is 11.5. The minimum absolute atomic E-state index is 0.246. The molecule has 0 saturated heterocycles. The number of benzene rings is 5. The lowest BCUT2D eigenvalue weighted by atomic mass is 9.83. The van der Waals surface area contributed by atoms with E-state index in [2.05, 4.69) is 102 Å². The molecule has 0 amide bonds. The van der Waals surface area contributed by atoms with Crippen LogP contribution < -0.4 is 10.6 Å². The van der Waals surface area contributed by atoms with Gasteiger partial charge >= 0.3 is 0 Å². The smallest absolute Gasteiger partial charge is 0.159 e. The van der Waals surface area contributed by atoms with Gasteiger partial charge in [-0.15, -0.1) is 0 Å². The number of thioether (sulfide) groups is 1. The molecule has 3 unspecified atom stereocenters. The molecule has 4 nitrogen and oxygen atoms in total. The van der Waals surface area contributed by atoms with Gasteiger partial charge in [0, 0.05) is 27.3 Å². The van der Waals surface area contributed by atoms with Crippen molar-refractivity contribution in [2.75, 3.05) is 5.32 Å². The van der Waals surface area contributed by atoms with Gasteiger partial charge in [-0.3, -0.25) is 0 Å². The van der Waals surface area contributed by atoms with Crippen LogP contribution in [0.3, 0.4) is 0 Å². The van der Waals surface area contributed by atoms with E-state index >= 15 is 0 Å². The molecule has 5 aromatic rings. The van der Waals surface area contributed by atoms with E-state index in [4.69, 9.17) is 9.98 Å². The molecule has 0 spiro atoms. The van der Waals surface area contributed by atoms with E-state index in [-0.39, 0.29) is 6.17 Å². The lowest BCUT2D eigenvalue weighted by Crippen LogP contribution is -2.33. The zero-order valence-electron chi connectivity index (χ0n) is 26.5. The van der Waals surface area contributed by atoms with Crippen molar-refractivity contribution in [3.05, 3.63) is 143 Å². The Labute approximate surface area is 280 Å². The molecule has 2 aliphatic heterocycles. The molecular weight excluding hydrogens is 593 g/mol. The molecule has 9 rings (SSSR count). The maximum Gasteiger partial charge on any atom is 0.159 e. The van der Waals surface area contributed by atoms with Crippen molar-refractivity contribution in [3.63, 3.8) is 0 Å². The van der Waals surface area contributed by atoms with Crippen LogP contribution in [0.1, 0.15) is 67.8 Å². The van der Waals surface area contributed by atoms with E-state index in [1.165, 1.54) is 77.1 Å². The molecule has 0 fully saturated rings. The second-order valence-corrected chi connectivity index (χ2v) is 14.4. The molecule has 0 radical (unpaired) electrons. The van der Waals surface area contributed by atoms with Gasteiger partial charge in [0.2, 0.25) is 0 Å². The van der Waals surface area contributed by atoms with Crippen molar-refractivity contribution in [2.24, 2.45) is 15.9 Å². The van der Waals surface area contributed by atoms with E-state index in [1.807, 2.05) is 36.0 Å². The molecule has 5 aromatic carbocycles. The van der Waals surface area contributed by atoms with E-state index < -0.39 is 0 Å². The fraction of sp³-hybridized carbons (Fsp3) is 0.238. The number of hydrogen-bond donors (Lipinski definition) is 2. The summed E-state index contributed by atoms with van der Waals surface area (Å²) in [7, 11) is 0. The van der Waals surface area contributed by atoms with Crippen molar-refractivity contribution in [2.45, 2.75) is 61.4 Å². The van der Waals surface area contributed by atoms with Gasteiger partial charge in [-0.25, -0.2) is 9.98 Å². The van der Waals surface area contributed by atoms with Gasteiger partial charge < -0.3 is 10.6 Å². The molecule has 5 heteroatoms. The molecule has 47 heavy (non-hydrogen) atoms. The highest BCUT2D eigenvalue weighted by molar-refractivity contribution is 8.00. The summed E-state index contributed by atoms with van der Waals surface area (Å²) in [6.45, 7) is 0. The molecule has 0 aromatic heterocycles. The summed E-state index contributed by atoms with van der Waals surface area (Å²) in [5.74, 6) is 2.13. The second kappa shape index (κ2) is 12.2. The van der Waals surface area contributed by atoms with E-state index in [0.29, 0.717) is 11.3 Å². The molecule has 2 heterocycles. The first-order valence-corrected chi connectivity index (χ1v) is 18.0. The highest BCUT2D eigenvalue weighted by Gasteiger charge is 2.32. The van der Waals surface area contributed by atoms with Crippen LogP contribution in [0.5, 0.6) is 0 Å². The van der Waals surface area contributed by atoms with Crippen LogP contribution >= 0.6 is 11.8 Å². The molecule has 232 valence electrons. The van der Waals surface area contributed by atoms with Gasteiger partial charge in [-0.2, -0.15) is 0 Å². The van der Waals surface area contributed by atoms with E-state index in [9.17, 15) is 0 Å². The first kappa shape index (κ1) is 28.6. The fourth-order valence-corrected chi connectivity index (χ4v) is 9.00. The summed E-state index contributed by atoms with van der Waals surface area (Å²) in [5.41, 5.74) is 7.74. The minimum atomic E-state index is -0.246. The summed E-state index contributed by atoms with van der Waals surface area (Å²) >= 11 is 2.02. The van der Waals surface area contributed by atoms with Crippen molar-refractivity contribution in [1.82, 2.24) is 5.32 Å². The lowest BCUT2D eigenvalue weighted by molar-refractivity contribution is 0.529. The van der Waals surface area contributed by atoms with Crippen molar-refractivity contribution in [3.8, 4) is 0 Å². The number of anilines is 1. The standard InChI is InChI=1S/C42H38N4S/c1-4-11-27(12-5-1)31-17-10-18-34(25-31)42-43-38-36(47-42)24-22-28-19-20-32-26-33(21-23-35(32)37(28)38)41-45-39(29-13-6-2-7-14-29)44-40(46-41)30-15-8-3-9-16-30/h2-3,6-9,11,13-16,19-26,34,41-43H,1,4-5,10,12,17-18H2,(H,44,45,46).